The molecule has 0 bridgehead atoms. The second-order valence-electron chi connectivity index (χ2n) is 14.2. The van der Waals surface area contributed by atoms with Gasteiger partial charge in [0.2, 0.25) is 0 Å². The Bertz CT molecular complexity index is 1030. The van der Waals surface area contributed by atoms with Gasteiger partial charge in [0.15, 0.2) is 5.82 Å². The van der Waals surface area contributed by atoms with Gasteiger partial charge >= 0.3 is 5.97 Å². The number of rotatable bonds is 19. The van der Waals surface area contributed by atoms with Gasteiger partial charge in [-0.25, -0.2) is 9.97 Å². The maximum absolute atomic E-state index is 12.8. The van der Waals surface area contributed by atoms with Crippen LogP contribution < -0.4 is 4.74 Å². The van der Waals surface area contributed by atoms with Gasteiger partial charge in [-0.2, -0.15) is 0 Å². The van der Waals surface area contributed by atoms with Gasteiger partial charge in [0, 0.05) is 18.0 Å². The summed E-state index contributed by atoms with van der Waals surface area (Å²) in [5.74, 6) is 3.65. The highest BCUT2D eigenvalue weighted by Crippen LogP contribution is 2.38. The van der Waals surface area contributed by atoms with Gasteiger partial charge in [-0.3, -0.25) is 4.79 Å². The summed E-state index contributed by atoms with van der Waals surface area (Å²) in [5.41, 5.74) is 2.25. The molecule has 0 N–H and O–H groups in total. The Morgan fingerprint density at radius 3 is 1.64 bits per heavy atom. The van der Waals surface area contributed by atoms with Gasteiger partial charge in [-0.05, 0) is 98.9 Å². The number of aromatic nitrogens is 2. The van der Waals surface area contributed by atoms with E-state index in [2.05, 4.69) is 13.8 Å². The lowest BCUT2D eigenvalue weighted by Crippen LogP contribution is -2.25. The molecule has 0 unspecified atom stereocenters. The number of hydrogen-bond donors (Lipinski definition) is 0. The molecule has 2 aromatic rings. The summed E-state index contributed by atoms with van der Waals surface area (Å²) < 4.78 is 5.79. The minimum Gasteiger partial charge on any atom is -0.426 e. The quantitative estimate of drug-likeness (QED) is 0.0911. The van der Waals surface area contributed by atoms with E-state index in [0.717, 1.165) is 36.1 Å². The summed E-state index contributed by atoms with van der Waals surface area (Å²) in [6.45, 7) is 4.56. The zero-order valence-corrected chi connectivity index (χ0v) is 28.2. The smallest absolute Gasteiger partial charge is 0.314 e. The fourth-order valence-corrected chi connectivity index (χ4v) is 7.64. The van der Waals surface area contributed by atoms with E-state index in [-0.39, 0.29) is 11.9 Å². The van der Waals surface area contributed by atoms with Crippen LogP contribution >= 0.6 is 0 Å². The first-order valence-corrected chi connectivity index (χ1v) is 18.8. The Balaban J connectivity index is 1.12. The summed E-state index contributed by atoms with van der Waals surface area (Å²) >= 11 is 0. The molecule has 0 radical (unpaired) electrons. The lowest BCUT2D eigenvalue weighted by molar-refractivity contribution is -0.140. The Morgan fingerprint density at radius 1 is 0.636 bits per heavy atom. The Morgan fingerprint density at radius 2 is 1.11 bits per heavy atom. The van der Waals surface area contributed by atoms with E-state index in [0.29, 0.717) is 11.7 Å². The predicted octanol–water partition coefficient (Wildman–Crippen LogP) is 12.0. The van der Waals surface area contributed by atoms with Gasteiger partial charge in [0.05, 0.1) is 5.92 Å². The molecule has 0 atom stereocenters. The van der Waals surface area contributed by atoms with Crippen molar-refractivity contribution in [1.82, 2.24) is 9.97 Å². The molecule has 244 valence electrons. The largest absolute Gasteiger partial charge is 0.426 e. The predicted molar refractivity (Wildman–Crippen MR) is 184 cm³/mol. The van der Waals surface area contributed by atoms with Crippen LogP contribution in [0.2, 0.25) is 0 Å². The maximum atomic E-state index is 12.8. The van der Waals surface area contributed by atoms with Crippen molar-refractivity contribution in [3.8, 4) is 17.1 Å². The van der Waals surface area contributed by atoms with Crippen LogP contribution in [0.15, 0.2) is 36.7 Å². The molecule has 4 nitrogen and oxygen atoms in total. The van der Waals surface area contributed by atoms with Crippen molar-refractivity contribution in [3.05, 3.63) is 42.2 Å². The van der Waals surface area contributed by atoms with Gasteiger partial charge < -0.3 is 4.74 Å². The molecule has 0 aliphatic heterocycles. The van der Waals surface area contributed by atoms with Gasteiger partial charge in [0.25, 0.3) is 0 Å². The highest BCUT2D eigenvalue weighted by atomic mass is 16.5. The maximum Gasteiger partial charge on any atom is 0.314 e. The molecule has 1 aromatic carbocycles. The topological polar surface area (TPSA) is 52.1 Å². The van der Waals surface area contributed by atoms with Crippen molar-refractivity contribution in [2.75, 3.05) is 0 Å². The van der Waals surface area contributed by atoms with Gasteiger partial charge in [-0.1, -0.05) is 110 Å². The van der Waals surface area contributed by atoms with Gasteiger partial charge in [0.1, 0.15) is 5.75 Å². The summed E-state index contributed by atoms with van der Waals surface area (Å²) in [6.07, 6.45) is 34.4. The molecule has 4 heteroatoms. The van der Waals surface area contributed by atoms with Crippen molar-refractivity contribution in [2.24, 2.45) is 17.8 Å². The summed E-state index contributed by atoms with van der Waals surface area (Å²) in [4.78, 5) is 22.3. The molecule has 1 aromatic heterocycles. The van der Waals surface area contributed by atoms with Crippen LogP contribution in [0.4, 0.5) is 0 Å². The molecule has 2 fully saturated rings. The summed E-state index contributed by atoms with van der Waals surface area (Å²) in [7, 11) is 0. The molecule has 0 amide bonds. The van der Waals surface area contributed by atoms with E-state index in [9.17, 15) is 4.79 Å². The molecular formula is C40H62N2O2. The lowest BCUT2D eigenvalue weighted by Gasteiger charge is -2.28. The van der Waals surface area contributed by atoms with E-state index < -0.39 is 0 Å². The Labute approximate surface area is 269 Å². The first-order chi connectivity index (χ1) is 21.7. The monoisotopic (exact) mass is 602 g/mol. The Kier molecular flexibility index (Phi) is 15.8. The van der Waals surface area contributed by atoms with Crippen LogP contribution in [0.3, 0.4) is 0 Å². The highest BCUT2D eigenvalue weighted by molar-refractivity contribution is 5.75. The van der Waals surface area contributed by atoms with Crippen LogP contribution in [0, 0.1) is 17.8 Å². The average molecular weight is 603 g/mol. The Hall–Kier alpha value is -2.23. The zero-order valence-electron chi connectivity index (χ0n) is 28.2. The minimum absolute atomic E-state index is 0.0436. The third kappa shape index (κ3) is 11.9. The first-order valence-electron chi connectivity index (χ1n) is 18.8. The van der Waals surface area contributed by atoms with Gasteiger partial charge in [-0.15, -0.1) is 0 Å². The van der Waals surface area contributed by atoms with E-state index in [1.807, 2.05) is 36.7 Å². The lowest BCUT2D eigenvalue weighted by atomic mass is 9.77. The molecule has 2 saturated carbocycles. The number of carbonyl (C=O) groups is 1. The molecule has 4 rings (SSSR count). The number of benzene rings is 1. The van der Waals surface area contributed by atoms with Crippen molar-refractivity contribution in [1.29, 1.82) is 0 Å². The number of ether oxygens (including phenoxy) is 1. The van der Waals surface area contributed by atoms with E-state index in [1.165, 1.54) is 140 Å². The zero-order chi connectivity index (χ0) is 30.8. The van der Waals surface area contributed by atoms with Crippen molar-refractivity contribution < 1.29 is 9.53 Å². The van der Waals surface area contributed by atoms with E-state index >= 15 is 0 Å². The van der Waals surface area contributed by atoms with Crippen LogP contribution in [0.25, 0.3) is 11.4 Å². The molecular weight excluding hydrogens is 540 g/mol. The molecule has 0 saturated heterocycles. The number of carbonyl (C=O) groups excluding carboxylic acids is 1. The fraction of sp³-hybridized carbons (Fsp3) is 0.725. The third-order valence-corrected chi connectivity index (χ3v) is 10.7. The van der Waals surface area contributed by atoms with Crippen molar-refractivity contribution in [2.45, 2.75) is 167 Å². The molecule has 44 heavy (non-hydrogen) atoms. The summed E-state index contributed by atoms with van der Waals surface area (Å²) in [6, 6.07) is 7.73. The van der Waals surface area contributed by atoms with E-state index in [4.69, 9.17) is 14.7 Å². The first kappa shape index (κ1) is 34.6. The number of hydrogen-bond acceptors (Lipinski definition) is 4. The third-order valence-electron chi connectivity index (χ3n) is 10.7. The van der Waals surface area contributed by atoms with Crippen molar-refractivity contribution in [3.63, 3.8) is 0 Å². The molecule has 1 heterocycles. The standard InChI is InChI=1S/C40H62N2O2/c1-3-5-7-9-10-11-13-15-17-32-18-22-34(23-19-32)37-30-41-39(42-31-37)35-26-28-38(29-27-35)44-40(43)36-24-20-33(21-25-36)16-14-12-8-6-4-2/h26-34,36H,3-25H2,1-2H3. The van der Waals surface area contributed by atoms with Crippen molar-refractivity contribution >= 4 is 5.97 Å². The second kappa shape index (κ2) is 20.0. The minimum atomic E-state index is -0.0627. The SMILES string of the molecule is CCCCCCCCCCC1CCC(c2cnc(-c3ccc(OC(=O)C4CCC(CCCCCCC)CC4)cc3)nc2)CC1. The summed E-state index contributed by atoms with van der Waals surface area (Å²) in [5, 5.41) is 0. The van der Waals surface area contributed by atoms with Crippen LogP contribution in [-0.2, 0) is 4.79 Å². The second-order valence-corrected chi connectivity index (χ2v) is 14.2. The van der Waals surface area contributed by atoms with Crippen LogP contribution in [-0.4, -0.2) is 15.9 Å². The normalized spacial score (nSPS) is 22.1. The molecule has 0 spiro atoms. The van der Waals surface area contributed by atoms with Crippen LogP contribution in [0.5, 0.6) is 5.75 Å². The number of esters is 1. The number of nitrogens with zero attached hydrogens (tertiary/aromatic N) is 2. The van der Waals surface area contributed by atoms with E-state index in [1.54, 1.807) is 0 Å². The van der Waals surface area contributed by atoms with Crippen LogP contribution in [0.1, 0.15) is 173 Å². The molecule has 2 aliphatic carbocycles. The molecule has 2 aliphatic rings. The average Bonchev–Trinajstić information content (AvgIpc) is 3.07. The highest BCUT2D eigenvalue weighted by Gasteiger charge is 2.27. The fourth-order valence-electron chi connectivity index (χ4n) is 7.64. The number of unbranched alkanes of at least 4 members (excludes halogenated alkanes) is 11.